The smallest absolute Gasteiger partial charge is 0.410 e. The van der Waals surface area contributed by atoms with Gasteiger partial charge in [0.25, 0.3) is 5.56 Å². The first-order valence-corrected chi connectivity index (χ1v) is 15.7. The molecule has 4 rings (SSSR count). The molecule has 216 valence electrons. The molecule has 0 aliphatic carbocycles. The van der Waals surface area contributed by atoms with Gasteiger partial charge in [0.05, 0.1) is 28.1 Å². The maximum absolute atomic E-state index is 13.6. The molecule has 1 aromatic heterocycles. The second-order valence-corrected chi connectivity index (χ2v) is 14.3. The van der Waals surface area contributed by atoms with Crippen LogP contribution in [0.3, 0.4) is 0 Å². The number of rotatable bonds is 6. The molecule has 0 atom stereocenters. The number of ether oxygens (including phenoxy) is 1. The molecule has 3 aromatic rings. The summed E-state index contributed by atoms with van der Waals surface area (Å²) < 4.78 is 32.4. The van der Waals surface area contributed by atoms with Crippen molar-refractivity contribution in [2.45, 2.75) is 51.3 Å². The van der Waals surface area contributed by atoms with Crippen molar-refractivity contribution in [3.63, 3.8) is 0 Å². The summed E-state index contributed by atoms with van der Waals surface area (Å²) in [5.74, 6) is -0.132. The number of nitrogens with zero attached hydrogens (tertiary/aromatic N) is 3. The first-order valence-electron chi connectivity index (χ1n) is 12.8. The fraction of sp³-hybridized carbons (Fsp3) is 0.444. The van der Waals surface area contributed by atoms with Crippen molar-refractivity contribution in [3.05, 3.63) is 71.8 Å². The Morgan fingerprint density at radius 1 is 1.05 bits per heavy atom. The minimum absolute atomic E-state index is 0.0336. The van der Waals surface area contributed by atoms with Gasteiger partial charge in [-0.2, -0.15) is 0 Å². The van der Waals surface area contributed by atoms with Gasteiger partial charge in [-0.05, 0) is 62.2 Å². The number of aromatic nitrogens is 2. The number of carbonyl (C=O) groups is 1. The standard InChI is InChI=1S/C27H32BrClN4O6S/c1-5-40(37,38)22-7-6-20(29)13-17(22)16-33-24(34)21-14-19(28)12-18(23(21)30-25(33)35)15-31-8-10-32(11-9-31)26(36)39-27(2,3)4/h6-7,12-14H,5,8-11,15-16H2,1-4H3,(H,30,35). The Morgan fingerprint density at radius 2 is 1.73 bits per heavy atom. The third-order valence-electron chi connectivity index (χ3n) is 6.62. The Hall–Kier alpha value is -2.67. The van der Waals surface area contributed by atoms with Gasteiger partial charge < -0.3 is 14.6 Å². The Labute approximate surface area is 245 Å². The fourth-order valence-corrected chi connectivity index (χ4v) is 6.43. The Morgan fingerprint density at radius 3 is 2.35 bits per heavy atom. The molecular formula is C27H32BrClN4O6S. The Kier molecular flexibility index (Phi) is 8.84. The van der Waals surface area contributed by atoms with Crippen LogP contribution >= 0.6 is 27.5 Å². The van der Waals surface area contributed by atoms with Gasteiger partial charge in [-0.15, -0.1) is 0 Å². The highest BCUT2D eigenvalue weighted by atomic mass is 79.9. The zero-order valence-corrected chi connectivity index (χ0v) is 26.0. The lowest BCUT2D eigenvalue weighted by molar-refractivity contribution is 0.0139. The minimum Gasteiger partial charge on any atom is -0.444 e. The van der Waals surface area contributed by atoms with E-state index in [1.165, 1.54) is 25.1 Å². The lowest BCUT2D eigenvalue weighted by Gasteiger charge is -2.35. The van der Waals surface area contributed by atoms with E-state index in [1.54, 1.807) is 11.0 Å². The number of H-pyrrole nitrogens is 1. The number of amides is 1. The van der Waals surface area contributed by atoms with Crippen LogP contribution in [-0.4, -0.2) is 71.4 Å². The van der Waals surface area contributed by atoms with Gasteiger partial charge in [0, 0.05) is 42.2 Å². The van der Waals surface area contributed by atoms with Gasteiger partial charge in [0.2, 0.25) is 0 Å². The fourth-order valence-electron chi connectivity index (χ4n) is 4.62. The maximum Gasteiger partial charge on any atom is 0.410 e. The minimum atomic E-state index is -3.61. The summed E-state index contributed by atoms with van der Waals surface area (Å²) in [4.78, 5) is 45.8. The number of hydrogen-bond acceptors (Lipinski definition) is 7. The summed E-state index contributed by atoms with van der Waals surface area (Å²) in [6, 6.07) is 7.82. The first kappa shape index (κ1) is 30.3. The van der Waals surface area contributed by atoms with Crippen molar-refractivity contribution in [1.29, 1.82) is 0 Å². The molecule has 1 saturated heterocycles. The van der Waals surface area contributed by atoms with Crippen LogP contribution in [-0.2, 0) is 27.7 Å². The highest BCUT2D eigenvalue weighted by Crippen LogP contribution is 2.24. The molecule has 1 N–H and O–H groups in total. The molecule has 1 fully saturated rings. The van der Waals surface area contributed by atoms with E-state index >= 15 is 0 Å². The van der Waals surface area contributed by atoms with Crippen LogP contribution < -0.4 is 11.2 Å². The van der Waals surface area contributed by atoms with E-state index in [0.29, 0.717) is 53.1 Å². The number of piperazine rings is 1. The molecule has 40 heavy (non-hydrogen) atoms. The zero-order chi connectivity index (χ0) is 29.4. The number of halogens is 2. The molecule has 1 aliphatic rings. The molecule has 0 spiro atoms. The quantitative estimate of drug-likeness (QED) is 0.426. The van der Waals surface area contributed by atoms with Gasteiger partial charge >= 0.3 is 11.8 Å². The molecule has 10 nitrogen and oxygen atoms in total. The van der Waals surface area contributed by atoms with Gasteiger partial charge in [0.1, 0.15) is 5.60 Å². The van der Waals surface area contributed by atoms with Crippen LogP contribution in [0.25, 0.3) is 10.9 Å². The number of benzene rings is 2. The topological polar surface area (TPSA) is 122 Å². The van der Waals surface area contributed by atoms with Crippen LogP contribution in [0.4, 0.5) is 4.79 Å². The monoisotopic (exact) mass is 654 g/mol. The first-order chi connectivity index (χ1) is 18.7. The second-order valence-electron chi connectivity index (χ2n) is 10.7. The Balaban J connectivity index is 1.63. The lowest BCUT2D eigenvalue weighted by Crippen LogP contribution is -2.49. The van der Waals surface area contributed by atoms with Crippen molar-refractivity contribution in [1.82, 2.24) is 19.4 Å². The highest BCUT2D eigenvalue weighted by molar-refractivity contribution is 9.10. The van der Waals surface area contributed by atoms with Gasteiger partial charge in [-0.3, -0.25) is 14.3 Å². The van der Waals surface area contributed by atoms with E-state index in [1.807, 2.05) is 26.8 Å². The summed E-state index contributed by atoms with van der Waals surface area (Å²) >= 11 is 9.61. The number of aromatic amines is 1. The van der Waals surface area contributed by atoms with Crippen molar-refractivity contribution >= 4 is 54.4 Å². The predicted molar refractivity (Wildman–Crippen MR) is 158 cm³/mol. The van der Waals surface area contributed by atoms with E-state index in [4.69, 9.17) is 16.3 Å². The van der Waals surface area contributed by atoms with E-state index in [2.05, 4.69) is 25.8 Å². The third kappa shape index (κ3) is 6.79. The van der Waals surface area contributed by atoms with E-state index < -0.39 is 26.7 Å². The molecule has 13 heteroatoms. The maximum atomic E-state index is 13.6. The number of hydrogen-bond donors (Lipinski definition) is 1. The molecule has 2 heterocycles. The lowest BCUT2D eigenvalue weighted by atomic mass is 10.1. The van der Waals surface area contributed by atoms with Crippen LogP contribution in [0.15, 0.2) is 49.3 Å². The van der Waals surface area contributed by atoms with Crippen LogP contribution in [0.2, 0.25) is 5.02 Å². The molecule has 0 unspecified atom stereocenters. The third-order valence-corrected chi connectivity index (χ3v) is 9.14. The summed E-state index contributed by atoms with van der Waals surface area (Å²) in [6.45, 7) is 9.38. The van der Waals surface area contributed by atoms with Crippen molar-refractivity contribution in [2.75, 3.05) is 31.9 Å². The van der Waals surface area contributed by atoms with Gasteiger partial charge in [-0.25, -0.2) is 18.0 Å². The molecule has 1 aliphatic heterocycles. The normalized spacial score (nSPS) is 15.0. The molecule has 0 radical (unpaired) electrons. The predicted octanol–water partition coefficient (Wildman–Crippen LogP) is 4.00. The molecule has 0 bridgehead atoms. The summed E-state index contributed by atoms with van der Waals surface area (Å²) in [6.07, 6.45) is -0.348. The number of sulfone groups is 1. The van der Waals surface area contributed by atoms with Crippen LogP contribution in [0, 0.1) is 0 Å². The number of fused-ring (bicyclic) bond motifs is 1. The largest absolute Gasteiger partial charge is 0.444 e. The second kappa shape index (κ2) is 11.7. The molecule has 1 amide bonds. The zero-order valence-electron chi connectivity index (χ0n) is 22.8. The van der Waals surface area contributed by atoms with Crippen LogP contribution in [0.5, 0.6) is 0 Å². The van der Waals surface area contributed by atoms with Crippen molar-refractivity contribution in [2.24, 2.45) is 0 Å². The molecule has 0 saturated carbocycles. The van der Waals surface area contributed by atoms with Gasteiger partial charge in [-0.1, -0.05) is 34.5 Å². The number of nitrogens with one attached hydrogen (secondary N) is 1. The highest BCUT2D eigenvalue weighted by Gasteiger charge is 2.26. The van der Waals surface area contributed by atoms with E-state index in [0.717, 1.165) is 10.1 Å². The number of carbonyl (C=O) groups excluding carboxylic acids is 1. The van der Waals surface area contributed by atoms with E-state index in [-0.39, 0.29) is 28.8 Å². The summed E-state index contributed by atoms with van der Waals surface area (Å²) in [5.41, 5.74) is -0.350. The summed E-state index contributed by atoms with van der Waals surface area (Å²) in [5, 5.41) is 0.588. The van der Waals surface area contributed by atoms with Crippen molar-refractivity contribution < 1.29 is 17.9 Å². The average Bonchev–Trinajstić information content (AvgIpc) is 2.86. The SMILES string of the molecule is CCS(=O)(=O)c1ccc(Cl)cc1Cn1c(=O)[nH]c2c(CN3CCN(C(=O)OC(C)(C)C)CC3)cc(Br)cc2c1=O. The van der Waals surface area contributed by atoms with Gasteiger partial charge in [0.15, 0.2) is 9.84 Å². The van der Waals surface area contributed by atoms with E-state index in [9.17, 15) is 22.8 Å². The Bertz CT molecular complexity index is 1670. The molecule has 2 aromatic carbocycles. The molecular weight excluding hydrogens is 624 g/mol. The average molecular weight is 656 g/mol. The van der Waals surface area contributed by atoms with Crippen LogP contribution in [0.1, 0.15) is 38.8 Å². The summed E-state index contributed by atoms with van der Waals surface area (Å²) in [7, 11) is -3.61. The van der Waals surface area contributed by atoms with Crippen molar-refractivity contribution in [3.8, 4) is 0 Å².